The quantitative estimate of drug-likeness (QED) is 0.503. The van der Waals surface area contributed by atoms with Gasteiger partial charge in [0.1, 0.15) is 0 Å². The number of rotatable bonds is 10. The number of para-hydroxylation sites is 1. The topological polar surface area (TPSA) is 67.4 Å². The molecule has 0 radical (unpaired) electrons. The van der Waals surface area contributed by atoms with E-state index in [-0.39, 0.29) is 18.4 Å². The third-order valence-corrected chi connectivity index (χ3v) is 3.87. The summed E-state index contributed by atoms with van der Waals surface area (Å²) in [6, 6.07) is 17.0. The van der Waals surface area contributed by atoms with Gasteiger partial charge in [-0.3, -0.25) is 9.59 Å². The monoisotopic (exact) mass is 364 g/mol. The number of ether oxygens (including phenoxy) is 1. The standard InChI is InChI=1S/C22H24N2O3/c1-2-15-23-22(26)19-11-6-7-12-20(19)24-21(25)13-8-16-27-17-14-18-9-4-3-5-10-18/h1,3-7,9-12H,8,13-17H2,(H,23,26)(H,24,25). The molecule has 140 valence electrons. The van der Waals surface area contributed by atoms with Crippen LogP contribution in [0.2, 0.25) is 0 Å². The van der Waals surface area contributed by atoms with E-state index in [0.717, 1.165) is 6.42 Å². The van der Waals surface area contributed by atoms with E-state index in [1.165, 1.54) is 5.56 Å². The van der Waals surface area contributed by atoms with Crippen LogP contribution in [0.1, 0.15) is 28.8 Å². The molecule has 0 aliphatic rings. The predicted molar refractivity (Wildman–Crippen MR) is 106 cm³/mol. The third-order valence-electron chi connectivity index (χ3n) is 3.87. The number of benzene rings is 2. The maximum Gasteiger partial charge on any atom is 0.254 e. The van der Waals surface area contributed by atoms with E-state index >= 15 is 0 Å². The Hall–Kier alpha value is -3.10. The number of hydrogen-bond donors (Lipinski definition) is 2. The van der Waals surface area contributed by atoms with Crippen molar-refractivity contribution in [3.05, 3.63) is 65.7 Å². The van der Waals surface area contributed by atoms with Gasteiger partial charge in [0.15, 0.2) is 0 Å². The van der Waals surface area contributed by atoms with Crippen LogP contribution >= 0.6 is 0 Å². The molecule has 0 bridgehead atoms. The molecule has 0 aliphatic carbocycles. The Bertz CT molecular complexity index is 782. The van der Waals surface area contributed by atoms with E-state index in [1.807, 2.05) is 18.2 Å². The zero-order chi connectivity index (χ0) is 19.3. The summed E-state index contributed by atoms with van der Waals surface area (Å²) in [7, 11) is 0. The summed E-state index contributed by atoms with van der Waals surface area (Å²) in [5, 5.41) is 5.37. The second-order valence-corrected chi connectivity index (χ2v) is 5.93. The van der Waals surface area contributed by atoms with Gasteiger partial charge in [-0.2, -0.15) is 0 Å². The molecule has 0 spiro atoms. The Morgan fingerprint density at radius 1 is 1.00 bits per heavy atom. The first kappa shape index (κ1) is 20.2. The molecule has 0 unspecified atom stereocenters. The van der Waals surface area contributed by atoms with Crippen LogP contribution in [0.4, 0.5) is 5.69 Å². The highest BCUT2D eigenvalue weighted by atomic mass is 16.5. The molecular formula is C22H24N2O3. The van der Waals surface area contributed by atoms with E-state index in [4.69, 9.17) is 11.2 Å². The maximum atomic E-state index is 12.1. The number of amides is 2. The Morgan fingerprint density at radius 3 is 2.52 bits per heavy atom. The van der Waals surface area contributed by atoms with Crippen LogP contribution in [0.15, 0.2) is 54.6 Å². The second-order valence-electron chi connectivity index (χ2n) is 5.93. The summed E-state index contributed by atoms with van der Waals surface area (Å²) in [5.74, 6) is 1.88. The molecule has 0 aliphatic heterocycles. The van der Waals surface area contributed by atoms with Crippen molar-refractivity contribution in [3.8, 4) is 12.3 Å². The average Bonchev–Trinajstić information content (AvgIpc) is 2.70. The summed E-state index contributed by atoms with van der Waals surface area (Å²) >= 11 is 0. The highest BCUT2D eigenvalue weighted by Crippen LogP contribution is 2.15. The van der Waals surface area contributed by atoms with E-state index in [2.05, 4.69) is 28.7 Å². The van der Waals surface area contributed by atoms with Gasteiger partial charge >= 0.3 is 0 Å². The number of anilines is 1. The lowest BCUT2D eigenvalue weighted by Gasteiger charge is -2.10. The molecule has 0 saturated heterocycles. The normalized spacial score (nSPS) is 10.0. The molecule has 5 heteroatoms. The Morgan fingerprint density at radius 2 is 1.74 bits per heavy atom. The predicted octanol–water partition coefficient (Wildman–Crippen LogP) is 3.03. The molecule has 0 atom stereocenters. The van der Waals surface area contributed by atoms with Crippen LogP contribution in [0.5, 0.6) is 0 Å². The average molecular weight is 364 g/mol. The summed E-state index contributed by atoms with van der Waals surface area (Å²) in [5.41, 5.74) is 2.09. The van der Waals surface area contributed by atoms with Gasteiger partial charge in [-0.15, -0.1) is 6.42 Å². The smallest absolute Gasteiger partial charge is 0.254 e. The number of nitrogens with one attached hydrogen (secondary N) is 2. The highest BCUT2D eigenvalue weighted by Gasteiger charge is 2.12. The van der Waals surface area contributed by atoms with Gasteiger partial charge < -0.3 is 15.4 Å². The molecule has 2 rings (SSSR count). The summed E-state index contributed by atoms with van der Waals surface area (Å²) in [6.07, 6.45) is 6.95. The van der Waals surface area contributed by atoms with Crippen molar-refractivity contribution in [1.82, 2.24) is 5.32 Å². The molecule has 0 aromatic heterocycles. The van der Waals surface area contributed by atoms with Crippen LogP contribution in [-0.2, 0) is 16.0 Å². The van der Waals surface area contributed by atoms with Crippen molar-refractivity contribution in [2.45, 2.75) is 19.3 Å². The number of carbonyl (C=O) groups excluding carboxylic acids is 2. The molecule has 2 aromatic carbocycles. The summed E-state index contributed by atoms with van der Waals surface area (Å²) < 4.78 is 5.58. The van der Waals surface area contributed by atoms with Crippen molar-refractivity contribution in [1.29, 1.82) is 0 Å². The van der Waals surface area contributed by atoms with Crippen LogP contribution in [-0.4, -0.2) is 31.6 Å². The van der Waals surface area contributed by atoms with Crippen LogP contribution in [0.3, 0.4) is 0 Å². The SMILES string of the molecule is C#CCNC(=O)c1ccccc1NC(=O)CCCOCCc1ccccc1. The number of carbonyl (C=O) groups is 2. The molecular weight excluding hydrogens is 340 g/mol. The molecule has 5 nitrogen and oxygen atoms in total. The minimum Gasteiger partial charge on any atom is -0.381 e. The fraction of sp³-hybridized carbons (Fsp3) is 0.273. The van der Waals surface area contributed by atoms with E-state index < -0.39 is 0 Å². The van der Waals surface area contributed by atoms with Gasteiger partial charge in [-0.25, -0.2) is 0 Å². The van der Waals surface area contributed by atoms with Crippen molar-refractivity contribution < 1.29 is 14.3 Å². The Balaban J connectivity index is 1.70. The van der Waals surface area contributed by atoms with Crippen molar-refractivity contribution in [2.75, 3.05) is 25.1 Å². The van der Waals surface area contributed by atoms with Crippen LogP contribution in [0, 0.1) is 12.3 Å². The lowest BCUT2D eigenvalue weighted by molar-refractivity contribution is -0.116. The minimum atomic E-state index is -0.312. The molecule has 2 aromatic rings. The molecule has 0 saturated carbocycles. The fourth-order valence-electron chi connectivity index (χ4n) is 2.50. The lowest BCUT2D eigenvalue weighted by Crippen LogP contribution is -2.25. The van der Waals surface area contributed by atoms with Gasteiger partial charge in [0.2, 0.25) is 5.91 Å². The largest absolute Gasteiger partial charge is 0.381 e. The molecule has 0 fully saturated rings. The first-order valence-corrected chi connectivity index (χ1v) is 8.93. The van der Waals surface area contributed by atoms with Gasteiger partial charge in [0.05, 0.1) is 24.4 Å². The van der Waals surface area contributed by atoms with Gasteiger partial charge in [-0.1, -0.05) is 48.4 Å². The van der Waals surface area contributed by atoms with Crippen molar-refractivity contribution >= 4 is 17.5 Å². The van der Waals surface area contributed by atoms with Gasteiger partial charge in [-0.05, 0) is 30.5 Å². The van der Waals surface area contributed by atoms with Crippen molar-refractivity contribution in [3.63, 3.8) is 0 Å². The summed E-state index contributed by atoms with van der Waals surface area (Å²) in [4.78, 5) is 24.2. The first-order valence-electron chi connectivity index (χ1n) is 8.93. The van der Waals surface area contributed by atoms with Crippen LogP contribution < -0.4 is 10.6 Å². The van der Waals surface area contributed by atoms with E-state index in [9.17, 15) is 9.59 Å². The van der Waals surface area contributed by atoms with Gasteiger partial charge in [0.25, 0.3) is 5.91 Å². The van der Waals surface area contributed by atoms with E-state index in [0.29, 0.717) is 37.3 Å². The van der Waals surface area contributed by atoms with Crippen molar-refractivity contribution in [2.24, 2.45) is 0 Å². The number of terminal acetylenes is 1. The maximum absolute atomic E-state index is 12.1. The minimum absolute atomic E-state index is 0.140. The highest BCUT2D eigenvalue weighted by molar-refractivity contribution is 6.03. The second kappa shape index (κ2) is 11.5. The first-order chi connectivity index (χ1) is 13.2. The van der Waals surface area contributed by atoms with Crippen LogP contribution in [0.25, 0.3) is 0 Å². The third kappa shape index (κ3) is 7.35. The zero-order valence-electron chi connectivity index (χ0n) is 15.2. The van der Waals surface area contributed by atoms with Gasteiger partial charge in [0, 0.05) is 13.0 Å². The molecule has 27 heavy (non-hydrogen) atoms. The summed E-state index contributed by atoms with van der Waals surface area (Å²) in [6.45, 7) is 1.29. The molecule has 0 heterocycles. The zero-order valence-corrected chi connectivity index (χ0v) is 15.2. The van der Waals surface area contributed by atoms with E-state index in [1.54, 1.807) is 24.3 Å². The Kier molecular flexibility index (Phi) is 8.61. The number of hydrogen-bond acceptors (Lipinski definition) is 3. The molecule has 2 amide bonds. The fourth-order valence-corrected chi connectivity index (χ4v) is 2.50. The lowest BCUT2D eigenvalue weighted by atomic mass is 10.1. The Labute approximate surface area is 160 Å². The molecule has 2 N–H and O–H groups in total.